The molecular weight excluding hydrogens is 302 g/mol. The Bertz CT molecular complexity index is 875. The van der Waals surface area contributed by atoms with Gasteiger partial charge in [-0.2, -0.15) is 5.26 Å². The van der Waals surface area contributed by atoms with Crippen LogP contribution in [0.25, 0.3) is 5.76 Å². The van der Waals surface area contributed by atoms with Crippen LogP contribution in [0.5, 0.6) is 17.2 Å². The molecule has 0 aromatic heterocycles. The highest BCUT2D eigenvalue weighted by atomic mass is 16.5. The molecule has 4 heteroatoms. The summed E-state index contributed by atoms with van der Waals surface area (Å²) in [4.78, 5) is 0. The lowest BCUT2D eigenvalue weighted by Crippen LogP contribution is -2.02. The highest BCUT2D eigenvalue weighted by Gasteiger charge is 2.20. The van der Waals surface area contributed by atoms with Crippen molar-refractivity contribution in [3.63, 3.8) is 0 Å². The van der Waals surface area contributed by atoms with Crippen LogP contribution >= 0.6 is 0 Å². The molecule has 0 saturated carbocycles. The number of aromatic hydroxyl groups is 2. The van der Waals surface area contributed by atoms with E-state index >= 15 is 0 Å². The topological polar surface area (TPSA) is 73.5 Å². The molecule has 122 valence electrons. The average Bonchev–Trinajstić information content (AvgIpc) is 2.68. The van der Waals surface area contributed by atoms with Gasteiger partial charge in [0.25, 0.3) is 0 Å². The maximum absolute atomic E-state index is 9.75. The van der Waals surface area contributed by atoms with Crippen LogP contribution in [0.15, 0.2) is 35.9 Å². The van der Waals surface area contributed by atoms with Gasteiger partial charge in [-0.05, 0) is 74.1 Å². The third-order valence-electron chi connectivity index (χ3n) is 4.30. The lowest BCUT2D eigenvalue weighted by Gasteiger charge is -2.17. The summed E-state index contributed by atoms with van der Waals surface area (Å²) < 4.78 is 6.19. The Kier molecular flexibility index (Phi) is 4.18. The summed E-state index contributed by atoms with van der Waals surface area (Å²) in [6.45, 7) is 3.83. The number of nitriles is 1. The lowest BCUT2D eigenvalue weighted by atomic mass is 10.0. The van der Waals surface area contributed by atoms with Crippen LogP contribution in [0.1, 0.15) is 42.0 Å². The van der Waals surface area contributed by atoms with Gasteiger partial charge in [0, 0.05) is 11.6 Å². The van der Waals surface area contributed by atoms with Crippen molar-refractivity contribution in [2.75, 3.05) is 0 Å². The Hall–Kier alpha value is -2.93. The van der Waals surface area contributed by atoms with Crippen molar-refractivity contribution < 1.29 is 14.9 Å². The number of allylic oxidation sites excluding steroid dienone is 1. The molecule has 1 aliphatic carbocycles. The molecule has 0 unspecified atom stereocenters. The summed E-state index contributed by atoms with van der Waals surface area (Å²) in [5, 5.41) is 28.8. The number of fused-ring (bicyclic) bond motifs is 1. The van der Waals surface area contributed by atoms with E-state index in [4.69, 9.17) is 4.74 Å². The van der Waals surface area contributed by atoms with Crippen molar-refractivity contribution in [3.8, 4) is 23.3 Å². The van der Waals surface area contributed by atoms with E-state index in [1.165, 1.54) is 6.07 Å². The van der Waals surface area contributed by atoms with Crippen LogP contribution in [0.3, 0.4) is 0 Å². The van der Waals surface area contributed by atoms with Gasteiger partial charge < -0.3 is 14.9 Å². The maximum atomic E-state index is 9.75. The number of benzene rings is 2. The lowest BCUT2D eigenvalue weighted by molar-refractivity contribution is 0.467. The largest absolute Gasteiger partial charge is 0.508 e. The molecule has 0 spiro atoms. The minimum atomic E-state index is 0.0493. The number of phenolic OH excluding ortho intramolecular Hbond substituents is 2. The number of nitrogens with zero attached hydrogens (tertiary/aromatic N) is 1. The van der Waals surface area contributed by atoms with Gasteiger partial charge in [-0.15, -0.1) is 0 Å². The van der Waals surface area contributed by atoms with E-state index in [1.807, 2.05) is 13.0 Å². The van der Waals surface area contributed by atoms with Gasteiger partial charge in [0.2, 0.25) is 0 Å². The molecule has 0 aliphatic heterocycles. The quantitative estimate of drug-likeness (QED) is 0.858. The summed E-state index contributed by atoms with van der Waals surface area (Å²) in [6.07, 6.45) is 2.74. The molecule has 0 atom stereocenters. The Balaban J connectivity index is 2.12. The van der Waals surface area contributed by atoms with Gasteiger partial charge in [0.15, 0.2) is 0 Å². The third-order valence-corrected chi connectivity index (χ3v) is 4.30. The average molecular weight is 321 g/mol. The Morgan fingerprint density at radius 2 is 1.83 bits per heavy atom. The number of hydrogen-bond donors (Lipinski definition) is 2. The predicted octanol–water partition coefficient (Wildman–Crippen LogP) is 4.42. The van der Waals surface area contributed by atoms with E-state index < -0.39 is 0 Å². The second-order valence-electron chi connectivity index (χ2n) is 6.16. The summed E-state index contributed by atoms with van der Waals surface area (Å²) >= 11 is 0. The van der Waals surface area contributed by atoms with Gasteiger partial charge in [-0.1, -0.05) is 0 Å². The fraction of sp³-hybridized carbons (Fsp3) is 0.250. The molecule has 4 nitrogen and oxygen atoms in total. The molecule has 0 amide bonds. The number of hydrogen-bond acceptors (Lipinski definition) is 4. The monoisotopic (exact) mass is 321 g/mol. The molecule has 0 heterocycles. The van der Waals surface area contributed by atoms with Crippen molar-refractivity contribution in [3.05, 3.63) is 58.2 Å². The highest BCUT2D eigenvalue weighted by molar-refractivity contribution is 5.70. The van der Waals surface area contributed by atoms with Gasteiger partial charge in [0.1, 0.15) is 29.1 Å². The first-order valence-electron chi connectivity index (χ1n) is 7.93. The second-order valence-corrected chi connectivity index (χ2v) is 6.16. The molecule has 3 rings (SSSR count). The molecule has 2 aromatic rings. The van der Waals surface area contributed by atoms with E-state index in [1.54, 1.807) is 25.1 Å². The van der Waals surface area contributed by atoms with Crippen molar-refractivity contribution in [1.29, 1.82) is 5.26 Å². The fourth-order valence-corrected chi connectivity index (χ4v) is 3.11. The number of phenols is 2. The molecule has 0 fully saturated rings. The van der Waals surface area contributed by atoms with Crippen molar-refractivity contribution in [2.24, 2.45) is 0 Å². The molecule has 0 bridgehead atoms. The van der Waals surface area contributed by atoms with Crippen molar-refractivity contribution in [2.45, 2.75) is 33.1 Å². The Morgan fingerprint density at radius 1 is 1.04 bits per heavy atom. The van der Waals surface area contributed by atoms with E-state index in [0.29, 0.717) is 16.9 Å². The van der Waals surface area contributed by atoms with Crippen LogP contribution in [-0.2, 0) is 6.42 Å². The standard InChI is InChI=1S/C20H19NO3/c1-12-4-3-5-14-9-16(22)6-7-18(14)20(12)24-19-13(2)8-17(23)10-15(19)11-21/h6-10,22-23H,3-5H2,1-2H3. The van der Waals surface area contributed by atoms with Gasteiger partial charge in [-0.25, -0.2) is 0 Å². The zero-order valence-electron chi connectivity index (χ0n) is 13.8. The number of aryl methyl sites for hydroxylation is 2. The van der Waals surface area contributed by atoms with Crippen molar-refractivity contribution in [1.82, 2.24) is 0 Å². The minimum absolute atomic E-state index is 0.0493. The van der Waals surface area contributed by atoms with E-state index in [2.05, 4.69) is 6.07 Å². The fourth-order valence-electron chi connectivity index (χ4n) is 3.11. The predicted molar refractivity (Wildman–Crippen MR) is 91.8 cm³/mol. The van der Waals surface area contributed by atoms with Crippen LogP contribution in [0.4, 0.5) is 0 Å². The second kappa shape index (κ2) is 6.29. The first-order valence-corrected chi connectivity index (χ1v) is 7.93. The smallest absolute Gasteiger partial charge is 0.148 e. The van der Waals surface area contributed by atoms with Crippen LogP contribution in [-0.4, -0.2) is 10.2 Å². The first kappa shape index (κ1) is 15.9. The summed E-state index contributed by atoms with van der Waals surface area (Å²) in [6, 6.07) is 10.4. The molecule has 0 saturated heterocycles. The summed E-state index contributed by atoms with van der Waals surface area (Å²) in [7, 11) is 0. The normalized spacial score (nSPS) is 13.9. The Morgan fingerprint density at radius 3 is 2.58 bits per heavy atom. The van der Waals surface area contributed by atoms with Gasteiger partial charge in [0.05, 0.1) is 5.56 Å². The summed E-state index contributed by atoms with van der Waals surface area (Å²) in [5.41, 5.74) is 4.10. The van der Waals surface area contributed by atoms with Crippen LogP contribution in [0.2, 0.25) is 0 Å². The van der Waals surface area contributed by atoms with Crippen molar-refractivity contribution >= 4 is 5.76 Å². The van der Waals surface area contributed by atoms with Crippen LogP contribution in [0, 0.1) is 18.3 Å². The molecule has 24 heavy (non-hydrogen) atoms. The molecular formula is C20H19NO3. The number of ether oxygens (including phenoxy) is 1. The van der Waals surface area contributed by atoms with E-state index in [-0.39, 0.29) is 11.5 Å². The van der Waals surface area contributed by atoms with Gasteiger partial charge in [-0.3, -0.25) is 0 Å². The Labute approximate surface area is 141 Å². The highest BCUT2D eigenvalue weighted by Crippen LogP contribution is 2.37. The van der Waals surface area contributed by atoms with Crippen LogP contribution < -0.4 is 4.74 Å². The zero-order valence-corrected chi connectivity index (χ0v) is 13.8. The molecule has 0 radical (unpaired) electrons. The molecule has 1 aliphatic rings. The SMILES string of the molecule is CC1=C(Oc2c(C)cc(O)cc2C#N)c2ccc(O)cc2CCC1. The van der Waals surface area contributed by atoms with E-state index in [9.17, 15) is 15.5 Å². The summed E-state index contributed by atoms with van der Waals surface area (Å²) in [5.74, 6) is 1.48. The first-order chi connectivity index (χ1) is 11.5. The minimum Gasteiger partial charge on any atom is -0.508 e. The number of rotatable bonds is 2. The maximum Gasteiger partial charge on any atom is 0.148 e. The van der Waals surface area contributed by atoms with Gasteiger partial charge >= 0.3 is 0 Å². The molecule has 2 N–H and O–H groups in total. The van der Waals surface area contributed by atoms with E-state index in [0.717, 1.165) is 41.7 Å². The third kappa shape index (κ3) is 2.93. The molecule has 2 aromatic carbocycles. The zero-order chi connectivity index (χ0) is 17.3.